The van der Waals surface area contributed by atoms with Crippen molar-refractivity contribution in [3.05, 3.63) is 94.8 Å². The van der Waals surface area contributed by atoms with Crippen LogP contribution < -0.4 is 9.47 Å². The molecule has 1 saturated heterocycles. The molecule has 1 fully saturated rings. The summed E-state index contributed by atoms with van der Waals surface area (Å²) in [4.78, 5) is 14.8. The summed E-state index contributed by atoms with van der Waals surface area (Å²) in [6.07, 6.45) is 1.59. The Morgan fingerprint density at radius 3 is 2.09 bits per heavy atom. The quantitative estimate of drug-likeness (QED) is 0.526. The summed E-state index contributed by atoms with van der Waals surface area (Å²) in [5.74, 6) is -3.48. The zero-order chi connectivity index (χ0) is 23.9. The predicted molar refractivity (Wildman–Crippen MR) is 117 cm³/mol. The Bertz CT molecular complexity index is 1170. The Morgan fingerprint density at radius 1 is 0.971 bits per heavy atom. The summed E-state index contributed by atoms with van der Waals surface area (Å²) in [7, 11) is 1.56. The van der Waals surface area contributed by atoms with Gasteiger partial charge in [-0.3, -0.25) is 4.79 Å². The summed E-state index contributed by atoms with van der Waals surface area (Å²) in [5.41, 5.74) is 0.703. The Balaban J connectivity index is 1.54. The fraction of sp³-hybridized carbons (Fsp3) is 0.269. The molecule has 2 aliphatic rings. The van der Waals surface area contributed by atoms with Crippen molar-refractivity contribution >= 4 is 5.91 Å². The van der Waals surface area contributed by atoms with E-state index in [1.165, 1.54) is 54.6 Å². The number of methoxy groups -OCH3 is 1. The lowest BCUT2D eigenvalue weighted by Crippen LogP contribution is -2.38. The number of likely N-dealkylation sites (tertiary alicyclic amines) is 1. The second kappa shape index (κ2) is 8.68. The van der Waals surface area contributed by atoms with Gasteiger partial charge >= 0.3 is 5.79 Å². The minimum absolute atomic E-state index is 0.0811. The number of benzene rings is 3. The third-order valence-electron chi connectivity index (χ3n) is 6.22. The summed E-state index contributed by atoms with van der Waals surface area (Å²) in [6, 6.07) is 13.2. The number of fused-ring (bicyclic) bond motifs is 1. The number of ether oxygens (including phenoxy) is 3. The maximum Gasteiger partial charge on any atom is 0.305 e. The van der Waals surface area contributed by atoms with E-state index in [1.54, 1.807) is 12.0 Å². The molecule has 34 heavy (non-hydrogen) atoms. The van der Waals surface area contributed by atoms with Crippen molar-refractivity contribution in [2.75, 3.05) is 20.3 Å². The number of carbonyl (C=O) groups is 1. The summed E-state index contributed by atoms with van der Waals surface area (Å²) in [5, 5.41) is 0. The maximum absolute atomic E-state index is 15.1. The van der Waals surface area contributed by atoms with Gasteiger partial charge in [0, 0.05) is 30.8 Å². The van der Waals surface area contributed by atoms with E-state index in [0.717, 1.165) is 18.9 Å². The van der Waals surface area contributed by atoms with Crippen molar-refractivity contribution in [3.8, 4) is 11.5 Å². The smallest absolute Gasteiger partial charge is 0.305 e. The Hall–Kier alpha value is -3.52. The molecule has 2 aliphatic heterocycles. The van der Waals surface area contributed by atoms with E-state index in [2.05, 4.69) is 0 Å². The topological polar surface area (TPSA) is 48.0 Å². The highest BCUT2D eigenvalue weighted by Gasteiger charge is 2.46. The van der Waals surface area contributed by atoms with Crippen molar-refractivity contribution in [1.82, 2.24) is 4.90 Å². The maximum atomic E-state index is 15.1. The van der Waals surface area contributed by atoms with E-state index in [-0.39, 0.29) is 23.1 Å². The van der Waals surface area contributed by atoms with Crippen LogP contribution in [0, 0.1) is 17.5 Å². The minimum Gasteiger partial charge on any atom is -0.440 e. The van der Waals surface area contributed by atoms with Crippen molar-refractivity contribution in [3.63, 3.8) is 0 Å². The molecule has 1 unspecified atom stereocenters. The molecule has 5 nitrogen and oxygen atoms in total. The van der Waals surface area contributed by atoms with Crippen LogP contribution in [0.25, 0.3) is 0 Å². The molecule has 1 amide bonds. The molecule has 176 valence electrons. The lowest BCUT2D eigenvalue weighted by Gasteiger charge is -2.28. The monoisotopic (exact) mass is 469 g/mol. The van der Waals surface area contributed by atoms with Crippen LogP contribution >= 0.6 is 0 Å². The van der Waals surface area contributed by atoms with E-state index in [0.29, 0.717) is 24.3 Å². The second-order valence-electron chi connectivity index (χ2n) is 8.36. The zero-order valence-corrected chi connectivity index (χ0v) is 18.4. The lowest BCUT2D eigenvalue weighted by molar-refractivity contribution is -0.0460. The average Bonchev–Trinajstić information content (AvgIpc) is 3.44. The molecule has 0 spiro atoms. The van der Waals surface area contributed by atoms with E-state index >= 15 is 4.39 Å². The molecule has 0 saturated carbocycles. The zero-order valence-electron chi connectivity index (χ0n) is 18.4. The minimum atomic E-state index is -1.61. The van der Waals surface area contributed by atoms with Gasteiger partial charge in [-0.15, -0.1) is 0 Å². The molecule has 0 N–H and O–H groups in total. The number of nitrogens with zero attached hydrogens (tertiary/aromatic N) is 1. The molecule has 0 aromatic heterocycles. The van der Waals surface area contributed by atoms with Gasteiger partial charge in [0.05, 0.1) is 18.2 Å². The molecule has 2 heterocycles. The predicted octanol–water partition coefficient (Wildman–Crippen LogP) is 5.03. The average molecular weight is 469 g/mol. The summed E-state index contributed by atoms with van der Waals surface area (Å²) in [6.45, 7) is 0.881. The first-order chi connectivity index (χ1) is 16.4. The van der Waals surface area contributed by atoms with E-state index < -0.39 is 29.1 Å². The van der Waals surface area contributed by atoms with Gasteiger partial charge in [-0.05, 0) is 67.4 Å². The molecular weight excluding hydrogens is 447 g/mol. The van der Waals surface area contributed by atoms with E-state index in [4.69, 9.17) is 14.2 Å². The highest BCUT2D eigenvalue weighted by molar-refractivity contribution is 5.95. The first-order valence-corrected chi connectivity index (χ1v) is 10.9. The number of hydrogen-bond donors (Lipinski definition) is 0. The van der Waals surface area contributed by atoms with Gasteiger partial charge in [0.1, 0.15) is 17.5 Å². The van der Waals surface area contributed by atoms with Crippen LogP contribution in [0.3, 0.4) is 0 Å². The molecule has 3 aromatic rings. The molecule has 1 atom stereocenters. The SMILES string of the molecule is COCC1CCCN1C(=O)c1cc2c(cc1F)OC(c1ccc(F)cc1)(c1ccc(F)cc1)O2. The van der Waals surface area contributed by atoms with Crippen LogP contribution in [0.5, 0.6) is 11.5 Å². The van der Waals surface area contributed by atoms with Gasteiger partial charge in [-0.25, -0.2) is 13.2 Å². The second-order valence-corrected chi connectivity index (χ2v) is 8.36. The largest absolute Gasteiger partial charge is 0.440 e. The molecule has 3 aromatic carbocycles. The van der Waals surface area contributed by atoms with Gasteiger partial charge in [0.25, 0.3) is 5.91 Å². The molecule has 0 aliphatic carbocycles. The Kier molecular flexibility index (Phi) is 5.69. The van der Waals surface area contributed by atoms with Crippen molar-refractivity contribution in [2.24, 2.45) is 0 Å². The highest BCUT2D eigenvalue weighted by atomic mass is 19.1. The Labute approximate surface area is 194 Å². The summed E-state index contributed by atoms with van der Waals surface area (Å²) < 4.78 is 59.8. The number of hydrogen-bond acceptors (Lipinski definition) is 4. The van der Waals surface area contributed by atoms with Crippen molar-refractivity contribution in [2.45, 2.75) is 24.7 Å². The number of halogens is 3. The van der Waals surface area contributed by atoms with E-state index in [9.17, 15) is 13.6 Å². The van der Waals surface area contributed by atoms with Crippen LogP contribution in [-0.2, 0) is 10.5 Å². The number of amides is 1. The third kappa shape index (κ3) is 3.77. The standard InChI is InChI=1S/C26H22F3NO4/c1-32-15-20-3-2-12-30(20)25(31)21-13-23-24(14-22(21)29)34-26(33-23,16-4-8-18(27)9-5-16)17-6-10-19(28)11-7-17/h4-11,13-14,20H,2-3,12,15H2,1H3. The molecule has 0 radical (unpaired) electrons. The first kappa shape index (κ1) is 22.3. The normalized spacial score (nSPS) is 18.4. The van der Waals surface area contributed by atoms with Gasteiger partial charge in [-0.1, -0.05) is 0 Å². The lowest BCUT2D eigenvalue weighted by atomic mass is 9.97. The third-order valence-corrected chi connectivity index (χ3v) is 6.22. The summed E-state index contributed by atoms with van der Waals surface area (Å²) >= 11 is 0. The highest BCUT2D eigenvalue weighted by Crippen LogP contribution is 2.48. The molecule has 5 rings (SSSR count). The van der Waals surface area contributed by atoms with Crippen molar-refractivity contribution in [1.29, 1.82) is 0 Å². The molecule has 0 bridgehead atoms. The number of rotatable bonds is 5. The van der Waals surface area contributed by atoms with Gasteiger partial charge in [0.2, 0.25) is 0 Å². The number of carbonyl (C=O) groups excluding carboxylic acids is 1. The van der Waals surface area contributed by atoms with Crippen LogP contribution in [0.2, 0.25) is 0 Å². The van der Waals surface area contributed by atoms with Crippen LogP contribution in [-0.4, -0.2) is 37.1 Å². The van der Waals surface area contributed by atoms with Gasteiger partial charge in [0.15, 0.2) is 11.5 Å². The van der Waals surface area contributed by atoms with Gasteiger partial charge < -0.3 is 19.1 Å². The molecule has 8 heteroatoms. The van der Waals surface area contributed by atoms with Gasteiger partial charge in [-0.2, -0.15) is 0 Å². The fourth-order valence-electron chi connectivity index (χ4n) is 4.55. The Morgan fingerprint density at radius 2 is 1.53 bits per heavy atom. The van der Waals surface area contributed by atoms with E-state index in [1.807, 2.05) is 0 Å². The first-order valence-electron chi connectivity index (χ1n) is 10.9. The molecular formula is C26H22F3NO4. The van der Waals surface area contributed by atoms with Crippen LogP contribution in [0.15, 0.2) is 60.7 Å². The fourth-order valence-corrected chi connectivity index (χ4v) is 4.55. The van der Waals surface area contributed by atoms with Crippen LogP contribution in [0.1, 0.15) is 34.3 Å². The van der Waals surface area contributed by atoms with Crippen LogP contribution in [0.4, 0.5) is 13.2 Å². The van der Waals surface area contributed by atoms with Crippen molar-refractivity contribution < 1.29 is 32.2 Å².